The van der Waals surface area contributed by atoms with Crippen LogP contribution in [0.25, 0.3) is 0 Å². The van der Waals surface area contributed by atoms with Gasteiger partial charge in [0.15, 0.2) is 0 Å². The highest BCUT2D eigenvalue weighted by Crippen LogP contribution is 2.34. The Morgan fingerprint density at radius 3 is 3.05 bits per heavy atom. The van der Waals surface area contributed by atoms with E-state index in [2.05, 4.69) is 5.32 Å². The zero-order valence-electron chi connectivity index (χ0n) is 13.0. The number of anilines is 1. The van der Waals surface area contributed by atoms with Crippen LogP contribution in [0.2, 0.25) is 0 Å². The second kappa shape index (κ2) is 5.96. The summed E-state index contributed by atoms with van der Waals surface area (Å²) < 4.78 is 5.82. The Morgan fingerprint density at radius 1 is 1.45 bits per heavy atom. The van der Waals surface area contributed by atoms with Crippen molar-refractivity contribution in [3.63, 3.8) is 0 Å². The number of rotatable bonds is 2. The van der Waals surface area contributed by atoms with E-state index in [4.69, 9.17) is 4.74 Å². The van der Waals surface area contributed by atoms with Crippen LogP contribution in [0.3, 0.4) is 0 Å². The fraction of sp³-hybridized carbons (Fsp3) is 0.500. The maximum Gasteiger partial charge on any atom is 0.246 e. The molecule has 2 amide bonds. The van der Waals surface area contributed by atoms with E-state index in [0.29, 0.717) is 19.6 Å². The topological polar surface area (TPSA) is 61.9 Å². The van der Waals surface area contributed by atoms with Crippen molar-refractivity contribution < 1.29 is 14.3 Å². The van der Waals surface area contributed by atoms with Crippen molar-refractivity contribution >= 4 is 17.5 Å². The van der Waals surface area contributed by atoms with Crippen LogP contribution in [0, 0.1) is 6.92 Å². The average Bonchev–Trinajstić information content (AvgIpc) is 2.48. The summed E-state index contributed by atoms with van der Waals surface area (Å²) >= 11 is 0. The summed E-state index contributed by atoms with van der Waals surface area (Å²) in [5.74, 6) is 0.652. The van der Waals surface area contributed by atoms with E-state index in [1.54, 1.807) is 9.80 Å². The predicted molar refractivity (Wildman–Crippen MR) is 83.1 cm³/mol. The SMILES string of the molecule is Cc1ccc2c(c1)OC(C)CN2C(=O)CN1CCNCC1=O. The Kier molecular flexibility index (Phi) is 4.02. The van der Waals surface area contributed by atoms with Crippen molar-refractivity contribution in [2.75, 3.05) is 37.6 Å². The number of aryl methyl sites for hydroxylation is 1. The van der Waals surface area contributed by atoms with Crippen LogP contribution in [0.1, 0.15) is 12.5 Å². The minimum absolute atomic E-state index is 0.0231. The summed E-state index contributed by atoms with van der Waals surface area (Å²) in [6.07, 6.45) is -0.0584. The highest BCUT2D eigenvalue weighted by Gasteiger charge is 2.30. The van der Waals surface area contributed by atoms with E-state index in [1.165, 1.54) is 0 Å². The van der Waals surface area contributed by atoms with Gasteiger partial charge in [0.1, 0.15) is 18.4 Å². The van der Waals surface area contributed by atoms with E-state index in [1.807, 2.05) is 32.0 Å². The number of piperazine rings is 1. The van der Waals surface area contributed by atoms with Crippen molar-refractivity contribution in [3.8, 4) is 5.75 Å². The lowest BCUT2D eigenvalue weighted by Gasteiger charge is -2.35. The molecule has 1 aromatic carbocycles. The third-order valence-electron chi connectivity index (χ3n) is 3.99. The molecule has 0 radical (unpaired) electrons. The molecule has 1 saturated heterocycles. The van der Waals surface area contributed by atoms with Gasteiger partial charge in [0.2, 0.25) is 11.8 Å². The average molecular weight is 303 g/mol. The van der Waals surface area contributed by atoms with Crippen LogP contribution in [0.15, 0.2) is 18.2 Å². The van der Waals surface area contributed by atoms with Gasteiger partial charge in [-0.3, -0.25) is 9.59 Å². The minimum atomic E-state index is -0.0597. The van der Waals surface area contributed by atoms with Gasteiger partial charge in [-0.1, -0.05) is 6.07 Å². The van der Waals surface area contributed by atoms with E-state index in [-0.39, 0.29) is 24.5 Å². The third kappa shape index (κ3) is 2.92. The number of amides is 2. The van der Waals surface area contributed by atoms with Crippen LogP contribution in [-0.4, -0.2) is 55.5 Å². The van der Waals surface area contributed by atoms with Crippen molar-refractivity contribution in [1.82, 2.24) is 10.2 Å². The Balaban J connectivity index is 1.79. The number of fused-ring (bicyclic) bond motifs is 1. The first-order chi connectivity index (χ1) is 10.5. The molecule has 1 atom stereocenters. The van der Waals surface area contributed by atoms with Gasteiger partial charge in [-0.15, -0.1) is 0 Å². The molecular formula is C16H21N3O3. The number of hydrogen-bond acceptors (Lipinski definition) is 4. The highest BCUT2D eigenvalue weighted by molar-refractivity contribution is 5.98. The molecule has 1 aromatic rings. The quantitative estimate of drug-likeness (QED) is 0.866. The van der Waals surface area contributed by atoms with Gasteiger partial charge in [0.05, 0.1) is 18.8 Å². The van der Waals surface area contributed by atoms with Gasteiger partial charge >= 0.3 is 0 Å². The van der Waals surface area contributed by atoms with Crippen LogP contribution < -0.4 is 15.0 Å². The molecule has 1 unspecified atom stereocenters. The fourth-order valence-corrected chi connectivity index (χ4v) is 2.85. The molecule has 0 saturated carbocycles. The molecule has 1 fully saturated rings. The lowest BCUT2D eigenvalue weighted by atomic mass is 10.1. The minimum Gasteiger partial charge on any atom is -0.487 e. The number of benzene rings is 1. The monoisotopic (exact) mass is 303 g/mol. The lowest BCUT2D eigenvalue weighted by molar-refractivity contribution is -0.136. The summed E-state index contributed by atoms with van der Waals surface area (Å²) in [5.41, 5.74) is 1.88. The van der Waals surface area contributed by atoms with Crippen molar-refractivity contribution in [2.45, 2.75) is 20.0 Å². The molecule has 2 aliphatic heterocycles. The molecule has 0 aromatic heterocycles. The lowest BCUT2D eigenvalue weighted by Crippen LogP contribution is -2.53. The van der Waals surface area contributed by atoms with Crippen LogP contribution in [0.4, 0.5) is 5.69 Å². The Hall–Kier alpha value is -2.08. The van der Waals surface area contributed by atoms with Gasteiger partial charge in [0.25, 0.3) is 0 Å². The van der Waals surface area contributed by atoms with Gasteiger partial charge in [-0.25, -0.2) is 0 Å². The summed E-state index contributed by atoms with van der Waals surface area (Å²) in [5, 5.41) is 3.01. The molecule has 118 valence electrons. The number of nitrogens with zero attached hydrogens (tertiary/aromatic N) is 2. The molecule has 6 heteroatoms. The third-order valence-corrected chi connectivity index (χ3v) is 3.99. The molecule has 2 aliphatic rings. The zero-order valence-corrected chi connectivity index (χ0v) is 13.0. The van der Waals surface area contributed by atoms with Gasteiger partial charge < -0.3 is 19.9 Å². The van der Waals surface area contributed by atoms with E-state index in [0.717, 1.165) is 23.5 Å². The maximum absolute atomic E-state index is 12.7. The second-order valence-electron chi connectivity index (χ2n) is 5.90. The molecule has 0 bridgehead atoms. The standard InChI is InChI=1S/C16H21N3O3/c1-11-3-4-13-14(7-11)22-12(2)9-19(13)16(21)10-18-6-5-17-8-15(18)20/h3-4,7,12,17H,5-6,8-10H2,1-2H3. The van der Waals surface area contributed by atoms with Crippen molar-refractivity contribution in [3.05, 3.63) is 23.8 Å². The molecule has 0 spiro atoms. The Bertz CT molecular complexity index is 602. The Morgan fingerprint density at radius 2 is 2.27 bits per heavy atom. The number of ether oxygens (including phenoxy) is 1. The van der Waals surface area contributed by atoms with Crippen LogP contribution in [0.5, 0.6) is 5.75 Å². The smallest absolute Gasteiger partial charge is 0.246 e. The molecule has 22 heavy (non-hydrogen) atoms. The van der Waals surface area contributed by atoms with E-state index < -0.39 is 0 Å². The first-order valence-corrected chi connectivity index (χ1v) is 7.61. The van der Waals surface area contributed by atoms with Gasteiger partial charge in [0, 0.05) is 13.1 Å². The summed E-state index contributed by atoms with van der Waals surface area (Å²) in [7, 11) is 0. The summed E-state index contributed by atoms with van der Waals surface area (Å²) in [4.78, 5) is 27.8. The molecule has 6 nitrogen and oxygen atoms in total. The van der Waals surface area contributed by atoms with Crippen LogP contribution in [-0.2, 0) is 9.59 Å². The van der Waals surface area contributed by atoms with Crippen molar-refractivity contribution in [2.24, 2.45) is 0 Å². The molecular weight excluding hydrogens is 282 g/mol. The maximum atomic E-state index is 12.7. The molecule has 1 N–H and O–H groups in total. The summed E-state index contributed by atoms with van der Waals surface area (Å²) in [6.45, 7) is 6.19. The summed E-state index contributed by atoms with van der Waals surface area (Å²) in [6, 6.07) is 5.82. The highest BCUT2D eigenvalue weighted by atomic mass is 16.5. The first-order valence-electron chi connectivity index (χ1n) is 7.61. The second-order valence-corrected chi connectivity index (χ2v) is 5.90. The van der Waals surface area contributed by atoms with Gasteiger partial charge in [-0.05, 0) is 31.5 Å². The zero-order chi connectivity index (χ0) is 15.7. The number of carbonyl (C=O) groups excluding carboxylic acids is 2. The molecule has 2 heterocycles. The molecule has 0 aliphatic carbocycles. The Labute approximate surface area is 130 Å². The van der Waals surface area contributed by atoms with Crippen LogP contribution >= 0.6 is 0 Å². The predicted octanol–water partition coefficient (Wildman–Crippen LogP) is 0.541. The number of hydrogen-bond donors (Lipinski definition) is 1. The first kappa shape index (κ1) is 14.8. The fourth-order valence-electron chi connectivity index (χ4n) is 2.85. The largest absolute Gasteiger partial charge is 0.487 e. The normalized spacial score (nSPS) is 21.4. The van der Waals surface area contributed by atoms with E-state index in [9.17, 15) is 9.59 Å². The number of nitrogens with one attached hydrogen (secondary N) is 1. The van der Waals surface area contributed by atoms with Gasteiger partial charge in [-0.2, -0.15) is 0 Å². The van der Waals surface area contributed by atoms with Crippen molar-refractivity contribution in [1.29, 1.82) is 0 Å². The number of carbonyl (C=O) groups is 2. The van der Waals surface area contributed by atoms with E-state index >= 15 is 0 Å². The molecule has 3 rings (SSSR count).